The minimum atomic E-state index is -0.678. The van der Waals surface area contributed by atoms with Gasteiger partial charge in [0.25, 0.3) is 0 Å². The molecule has 0 heterocycles. The monoisotopic (exact) mass is 287 g/mol. The molecule has 0 aromatic heterocycles. The van der Waals surface area contributed by atoms with Gasteiger partial charge in [0, 0.05) is 17.2 Å². The first kappa shape index (κ1) is 14.2. The largest absolute Gasteiger partial charge is 0.321 e. The number of nitrogens with two attached hydrogens (primary N) is 1. The molecule has 2 aromatic carbocycles. The highest BCUT2D eigenvalue weighted by Crippen LogP contribution is 2.42. The molecule has 1 aliphatic carbocycles. The van der Waals surface area contributed by atoms with Crippen molar-refractivity contribution in [2.24, 2.45) is 5.73 Å². The fourth-order valence-electron chi connectivity index (χ4n) is 3.35. The summed E-state index contributed by atoms with van der Waals surface area (Å²) < 4.78 is 27.0. The van der Waals surface area contributed by atoms with Gasteiger partial charge in [-0.3, -0.25) is 0 Å². The van der Waals surface area contributed by atoms with Crippen molar-refractivity contribution in [3.05, 3.63) is 71.3 Å². The van der Waals surface area contributed by atoms with Gasteiger partial charge < -0.3 is 5.73 Å². The van der Waals surface area contributed by atoms with Crippen molar-refractivity contribution in [1.29, 1.82) is 0 Å². The number of rotatable bonds is 2. The van der Waals surface area contributed by atoms with Gasteiger partial charge in [-0.15, -0.1) is 0 Å². The molecule has 0 spiro atoms. The lowest BCUT2D eigenvalue weighted by molar-refractivity contribution is 0.269. The van der Waals surface area contributed by atoms with Crippen LogP contribution in [0.3, 0.4) is 0 Å². The van der Waals surface area contributed by atoms with Crippen LogP contribution in [0.4, 0.5) is 8.78 Å². The second-order valence-corrected chi connectivity index (χ2v) is 5.97. The van der Waals surface area contributed by atoms with Crippen LogP contribution >= 0.6 is 0 Å². The molecule has 21 heavy (non-hydrogen) atoms. The average Bonchev–Trinajstić information content (AvgIpc) is 2.48. The molecular formula is C18H19F2N. The SMILES string of the molecule is NC1(c2ccc(F)cc2F)CCC(c2ccccc2)CC1. The minimum Gasteiger partial charge on any atom is -0.321 e. The number of hydrogen-bond donors (Lipinski definition) is 1. The summed E-state index contributed by atoms with van der Waals surface area (Å²) in [5, 5.41) is 0. The van der Waals surface area contributed by atoms with Crippen LogP contribution in [0, 0.1) is 11.6 Å². The van der Waals surface area contributed by atoms with Crippen molar-refractivity contribution < 1.29 is 8.78 Å². The molecule has 0 bridgehead atoms. The van der Waals surface area contributed by atoms with Crippen LogP contribution in [0.1, 0.15) is 42.7 Å². The maximum absolute atomic E-state index is 14.0. The average molecular weight is 287 g/mol. The molecule has 1 aliphatic rings. The summed E-state index contributed by atoms with van der Waals surface area (Å²) in [6.07, 6.45) is 3.29. The Kier molecular flexibility index (Phi) is 3.77. The Labute approximate surface area is 123 Å². The summed E-state index contributed by atoms with van der Waals surface area (Å²) in [6.45, 7) is 0. The van der Waals surface area contributed by atoms with Crippen LogP contribution in [0.25, 0.3) is 0 Å². The fourth-order valence-corrected chi connectivity index (χ4v) is 3.35. The van der Waals surface area contributed by atoms with Gasteiger partial charge in [-0.05, 0) is 43.2 Å². The molecule has 1 saturated carbocycles. The Morgan fingerprint density at radius 1 is 0.952 bits per heavy atom. The molecule has 2 N–H and O–H groups in total. The lowest BCUT2D eigenvalue weighted by atomic mass is 9.71. The van der Waals surface area contributed by atoms with Gasteiger partial charge in [-0.2, -0.15) is 0 Å². The van der Waals surface area contributed by atoms with Crippen LogP contribution in [0.5, 0.6) is 0 Å². The molecule has 110 valence electrons. The van der Waals surface area contributed by atoms with Crippen molar-refractivity contribution in [2.45, 2.75) is 37.1 Å². The van der Waals surface area contributed by atoms with E-state index in [0.29, 0.717) is 11.5 Å². The zero-order valence-corrected chi connectivity index (χ0v) is 11.9. The van der Waals surface area contributed by atoms with E-state index in [9.17, 15) is 8.78 Å². The molecule has 2 aromatic rings. The first-order valence-electron chi connectivity index (χ1n) is 7.38. The van der Waals surface area contributed by atoms with Gasteiger partial charge in [0.1, 0.15) is 11.6 Å². The highest BCUT2D eigenvalue weighted by atomic mass is 19.1. The van der Waals surface area contributed by atoms with E-state index in [1.165, 1.54) is 17.7 Å². The Balaban J connectivity index is 1.78. The summed E-state index contributed by atoms with van der Waals surface area (Å²) in [4.78, 5) is 0. The van der Waals surface area contributed by atoms with E-state index in [1.54, 1.807) is 0 Å². The first-order chi connectivity index (χ1) is 10.1. The predicted molar refractivity (Wildman–Crippen MR) is 79.9 cm³/mol. The number of benzene rings is 2. The molecule has 0 unspecified atom stereocenters. The van der Waals surface area contributed by atoms with Crippen LogP contribution in [-0.4, -0.2) is 0 Å². The fraction of sp³-hybridized carbons (Fsp3) is 0.333. The number of hydrogen-bond acceptors (Lipinski definition) is 1. The van der Waals surface area contributed by atoms with Crippen molar-refractivity contribution in [3.8, 4) is 0 Å². The summed E-state index contributed by atoms with van der Waals surface area (Å²) in [5.74, 6) is -0.611. The van der Waals surface area contributed by atoms with Gasteiger partial charge in [0.2, 0.25) is 0 Å². The van der Waals surface area contributed by atoms with Gasteiger partial charge in [-0.25, -0.2) is 8.78 Å². The smallest absolute Gasteiger partial charge is 0.131 e. The zero-order valence-electron chi connectivity index (χ0n) is 11.9. The third-order valence-corrected chi connectivity index (χ3v) is 4.62. The van der Waals surface area contributed by atoms with E-state index >= 15 is 0 Å². The van der Waals surface area contributed by atoms with E-state index in [4.69, 9.17) is 5.73 Å². The molecule has 3 rings (SSSR count). The van der Waals surface area contributed by atoms with Crippen LogP contribution in [0.2, 0.25) is 0 Å². The molecule has 0 aliphatic heterocycles. The van der Waals surface area contributed by atoms with Crippen molar-refractivity contribution in [1.82, 2.24) is 0 Å². The third kappa shape index (κ3) is 2.84. The molecule has 1 nitrogen and oxygen atoms in total. The van der Waals surface area contributed by atoms with Gasteiger partial charge in [-0.1, -0.05) is 36.4 Å². The van der Waals surface area contributed by atoms with Gasteiger partial charge >= 0.3 is 0 Å². The summed E-state index contributed by atoms with van der Waals surface area (Å²) in [6, 6.07) is 14.1. The lowest BCUT2D eigenvalue weighted by Crippen LogP contribution is -2.40. The minimum absolute atomic E-state index is 0.440. The van der Waals surface area contributed by atoms with Crippen LogP contribution < -0.4 is 5.73 Å². The van der Waals surface area contributed by atoms with Crippen LogP contribution in [-0.2, 0) is 5.54 Å². The first-order valence-corrected chi connectivity index (χ1v) is 7.38. The van der Waals surface area contributed by atoms with Crippen molar-refractivity contribution in [2.75, 3.05) is 0 Å². The van der Waals surface area contributed by atoms with E-state index in [1.807, 2.05) is 18.2 Å². The molecule has 0 radical (unpaired) electrons. The zero-order chi connectivity index (χ0) is 14.9. The van der Waals surface area contributed by atoms with Crippen molar-refractivity contribution >= 4 is 0 Å². The highest BCUT2D eigenvalue weighted by Gasteiger charge is 2.35. The molecule has 0 amide bonds. The summed E-state index contributed by atoms with van der Waals surface area (Å²) >= 11 is 0. The molecule has 1 fully saturated rings. The van der Waals surface area contributed by atoms with E-state index < -0.39 is 17.2 Å². The van der Waals surface area contributed by atoms with Crippen molar-refractivity contribution in [3.63, 3.8) is 0 Å². The summed E-state index contributed by atoms with van der Waals surface area (Å²) in [7, 11) is 0. The quantitative estimate of drug-likeness (QED) is 0.866. The second-order valence-electron chi connectivity index (χ2n) is 5.97. The van der Waals surface area contributed by atoms with E-state index in [-0.39, 0.29) is 0 Å². The Morgan fingerprint density at radius 3 is 2.24 bits per heavy atom. The summed E-state index contributed by atoms with van der Waals surface area (Å²) in [5.41, 5.74) is 7.49. The second kappa shape index (κ2) is 5.57. The predicted octanol–water partition coefficient (Wildman–Crippen LogP) is 4.48. The topological polar surface area (TPSA) is 26.0 Å². The molecular weight excluding hydrogens is 268 g/mol. The Bertz CT molecular complexity index is 616. The van der Waals surface area contributed by atoms with E-state index in [0.717, 1.165) is 31.7 Å². The highest BCUT2D eigenvalue weighted by molar-refractivity contribution is 5.29. The lowest BCUT2D eigenvalue weighted by Gasteiger charge is -2.38. The Morgan fingerprint density at radius 2 is 1.62 bits per heavy atom. The maximum Gasteiger partial charge on any atom is 0.131 e. The molecule has 0 saturated heterocycles. The van der Waals surface area contributed by atoms with Gasteiger partial charge in [0.15, 0.2) is 0 Å². The van der Waals surface area contributed by atoms with Crippen LogP contribution in [0.15, 0.2) is 48.5 Å². The Hall–Kier alpha value is -1.74. The van der Waals surface area contributed by atoms with E-state index in [2.05, 4.69) is 12.1 Å². The normalized spacial score (nSPS) is 25.8. The number of halogens is 2. The third-order valence-electron chi connectivity index (χ3n) is 4.62. The molecule has 3 heteroatoms. The van der Waals surface area contributed by atoms with Gasteiger partial charge in [0.05, 0.1) is 0 Å². The molecule has 0 atom stereocenters. The standard InChI is InChI=1S/C18H19F2N/c19-15-6-7-16(17(20)12-15)18(21)10-8-14(9-11-18)13-4-2-1-3-5-13/h1-7,12,14H,8-11,21H2. The maximum atomic E-state index is 14.0.